The summed E-state index contributed by atoms with van der Waals surface area (Å²) in [5, 5.41) is 0.365. The van der Waals surface area contributed by atoms with Gasteiger partial charge >= 0.3 is 6.09 Å². The van der Waals surface area contributed by atoms with Crippen LogP contribution in [0.15, 0.2) is 6.07 Å². The van der Waals surface area contributed by atoms with Gasteiger partial charge in [-0.1, -0.05) is 11.6 Å². The van der Waals surface area contributed by atoms with Gasteiger partial charge in [-0.15, -0.1) is 0 Å². The highest BCUT2D eigenvalue weighted by Crippen LogP contribution is 2.41. The average molecular weight is 312 g/mol. The number of amides is 1. The van der Waals surface area contributed by atoms with Crippen LogP contribution < -0.4 is 9.64 Å². The van der Waals surface area contributed by atoms with Crippen molar-refractivity contribution >= 4 is 29.7 Å². The van der Waals surface area contributed by atoms with Gasteiger partial charge in [-0.05, 0) is 38.8 Å². The zero-order chi connectivity index (χ0) is 15.8. The van der Waals surface area contributed by atoms with Crippen LogP contribution in [0, 0.1) is 0 Å². The number of halogens is 1. The standard InChI is InChI=1S/C15H18ClNO4/c1-15(2,3)21-14(19)17-6-5-9-7-11(16)13(20-4)10(8-18)12(9)17/h7-8H,5-6H2,1-4H3. The number of anilines is 1. The Morgan fingerprint density at radius 1 is 1.43 bits per heavy atom. The Kier molecular flexibility index (Phi) is 4.14. The van der Waals surface area contributed by atoms with Gasteiger partial charge in [0, 0.05) is 6.54 Å². The third kappa shape index (κ3) is 2.97. The number of carbonyl (C=O) groups is 2. The molecular formula is C15H18ClNO4. The molecule has 0 N–H and O–H groups in total. The molecular weight excluding hydrogens is 294 g/mol. The fourth-order valence-electron chi connectivity index (χ4n) is 2.37. The topological polar surface area (TPSA) is 55.8 Å². The molecule has 2 rings (SSSR count). The van der Waals surface area contributed by atoms with Crippen LogP contribution in [0.5, 0.6) is 5.75 Å². The molecule has 5 nitrogen and oxygen atoms in total. The van der Waals surface area contributed by atoms with Crippen molar-refractivity contribution in [3.05, 3.63) is 22.2 Å². The number of hydrogen-bond acceptors (Lipinski definition) is 4. The van der Waals surface area contributed by atoms with Crippen molar-refractivity contribution in [1.29, 1.82) is 0 Å². The largest absolute Gasteiger partial charge is 0.494 e. The van der Waals surface area contributed by atoms with Gasteiger partial charge in [0.15, 0.2) is 6.29 Å². The number of nitrogens with zero attached hydrogens (tertiary/aromatic N) is 1. The maximum Gasteiger partial charge on any atom is 0.414 e. The van der Waals surface area contributed by atoms with Crippen LogP contribution in [0.2, 0.25) is 5.02 Å². The lowest BCUT2D eigenvalue weighted by Crippen LogP contribution is -2.36. The summed E-state index contributed by atoms with van der Waals surface area (Å²) in [5.74, 6) is 0.279. The summed E-state index contributed by atoms with van der Waals surface area (Å²) >= 11 is 6.11. The van der Waals surface area contributed by atoms with E-state index in [0.717, 1.165) is 5.56 Å². The van der Waals surface area contributed by atoms with Gasteiger partial charge in [0.25, 0.3) is 0 Å². The molecule has 1 aromatic carbocycles. The van der Waals surface area contributed by atoms with Crippen LogP contribution in [0.1, 0.15) is 36.7 Å². The lowest BCUT2D eigenvalue weighted by molar-refractivity contribution is 0.0584. The summed E-state index contributed by atoms with van der Waals surface area (Å²) in [5.41, 5.74) is 1.05. The lowest BCUT2D eigenvalue weighted by Gasteiger charge is -2.25. The summed E-state index contributed by atoms with van der Waals surface area (Å²) in [4.78, 5) is 25.2. The predicted molar refractivity (Wildman–Crippen MR) is 80.7 cm³/mol. The maximum atomic E-state index is 12.3. The Bertz CT molecular complexity index is 592. The smallest absolute Gasteiger partial charge is 0.414 e. The third-order valence-electron chi connectivity index (χ3n) is 3.13. The van der Waals surface area contributed by atoms with Crippen LogP contribution in [-0.4, -0.2) is 31.6 Å². The minimum absolute atomic E-state index is 0.279. The normalized spacial score (nSPS) is 13.9. The van der Waals surface area contributed by atoms with Crippen molar-refractivity contribution in [3.8, 4) is 5.75 Å². The van der Waals surface area contributed by atoms with Crippen molar-refractivity contribution in [1.82, 2.24) is 0 Å². The summed E-state index contributed by atoms with van der Waals surface area (Å²) in [6.07, 6.45) is 0.805. The number of fused-ring (bicyclic) bond motifs is 1. The first kappa shape index (κ1) is 15.6. The van der Waals surface area contributed by atoms with Gasteiger partial charge in [0.1, 0.15) is 11.4 Å². The number of benzene rings is 1. The molecule has 1 aliphatic heterocycles. The molecule has 6 heteroatoms. The minimum atomic E-state index is -0.600. The Labute approximate surface area is 128 Å². The molecule has 0 saturated heterocycles. The van der Waals surface area contributed by atoms with Gasteiger partial charge in [0.05, 0.1) is 23.4 Å². The van der Waals surface area contributed by atoms with E-state index in [4.69, 9.17) is 21.1 Å². The van der Waals surface area contributed by atoms with E-state index in [2.05, 4.69) is 0 Å². The van der Waals surface area contributed by atoms with Crippen LogP contribution >= 0.6 is 11.6 Å². The quantitative estimate of drug-likeness (QED) is 0.785. The van der Waals surface area contributed by atoms with Gasteiger partial charge in [0.2, 0.25) is 0 Å². The lowest BCUT2D eigenvalue weighted by atomic mass is 10.1. The van der Waals surface area contributed by atoms with Crippen LogP contribution in [0.3, 0.4) is 0 Å². The highest BCUT2D eigenvalue weighted by Gasteiger charge is 2.33. The molecule has 21 heavy (non-hydrogen) atoms. The zero-order valence-corrected chi connectivity index (χ0v) is 13.3. The van der Waals surface area contributed by atoms with Crippen molar-refractivity contribution in [2.75, 3.05) is 18.6 Å². The van der Waals surface area contributed by atoms with Gasteiger partial charge in [-0.25, -0.2) is 4.79 Å². The Morgan fingerprint density at radius 2 is 2.10 bits per heavy atom. The Morgan fingerprint density at radius 3 is 2.62 bits per heavy atom. The van der Waals surface area contributed by atoms with E-state index in [0.29, 0.717) is 30.0 Å². The second kappa shape index (κ2) is 5.56. The number of hydrogen-bond donors (Lipinski definition) is 0. The number of aldehydes is 1. The first-order valence-corrected chi connectivity index (χ1v) is 7.01. The van der Waals surface area contributed by atoms with Gasteiger partial charge in [-0.2, -0.15) is 0 Å². The Hall–Kier alpha value is -1.75. The fourth-order valence-corrected chi connectivity index (χ4v) is 2.68. The molecule has 0 atom stereocenters. The van der Waals surface area contributed by atoms with E-state index in [1.807, 2.05) is 0 Å². The number of rotatable bonds is 2. The fraction of sp³-hybridized carbons (Fsp3) is 0.467. The van der Waals surface area contributed by atoms with E-state index >= 15 is 0 Å². The molecule has 0 fully saturated rings. The van der Waals surface area contributed by atoms with Crippen molar-refractivity contribution in [3.63, 3.8) is 0 Å². The van der Waals surface area contributed by atoms with Gasteiger partial charge < -0.3 is 9.47 Å². The van der Waals surface area contributed by atoms with E-state index in [-0.39, 0.29) is 11.3 Å². The SMILES string of the molecule is COc1c(Cl)cc2c(c1C=O)N(C(=O)OC(C)(C)C)CC2. The highest BCUT2D eigenvalue weighted by atomic mass is 35.5. The molecule has 0 unspecified atom stereocenters. The van der Waals surface area contributed by atoms with E-state index in [9.17, 15) is 9.59 Å². The number of methoxy groups -OCH3 is 1. The first-order valence-electron chi connectivity index (χ1n) is 6.63. The van der Waals surface area contributed by atoms with Crippen LogP contribution in [0.4, 0.5) is 10.5 Å². The van der Waals surface area contributed by atoms with Crippen molar-refractivity contribution in [2.45, 2.75) is 32.8 Å². The summed E-state index contributed by atoms with van der Waals surface area (Å²) in [6, 6.07) is 1.73. The molecule has 1 amide bonds. The molecule has 0 radical (unpaired) electrons. The van der Waals surface area contributed by atoms with Crippen LogP contribution in [-0.2, 0) is 11.2 Å². The van der Waals surface area contributed by atoms with Crippen LogP contribution in [0.25, 0.3) is 0 Å². The van der Waals surface area contributed by atoms with Crippen molar-refractivity contribution < 1.29 is 19.1 Å². The molecule has 1 aliphatic rings. The third-order valence-corrected chi connectivity index (χ3v) is 3.41. The predicted octanol–water partition coefficient (Wildman–Crippen LogP) is 3.46. The Balaban J connectivity index is 2.48. The van der Waals surface area contributed by atoms with E-state index < -0.39 is 11.7 Å². The number of carbonyl (C=O) groups excluding carboxylic acids is 2. The first-order chi connectivity index (χ1) is 9.78. The summed E-state index contributed by atoms with van der Waals surface area (Å²) < 4.78 is 10.6. The molecule has 0 bridgehead atoms. The molecule has 0 aromatic heterocycles. The molecule has 1 heterocycles. The molecule has 1 aromatic rings. The number of ether oxygens (including phenoxy) is 2. The van der Waals surface area contributed by atoms with E-state index in [1.54, 1.807) is 26.8 Å². The summed E-state index contributed by atoms with van der Waals surface area (Å²) in [7, 11) is 1.44. The highest BCUT2D eigenvalue weighted by molar-refractivity contribution is 6.33. The molecule has 0 spiro atoms. The second-order valence-corrected chi connectivity index (χ2v) is 6.22. The van der Waals surface area contributed by atoms with Gasteiger partial charge in [-0.3, -0.25) is 9.69 Å². The second-order valence-electron chi connectivity index (χ2n) is 5.81. The zero-order valence-electron chi connectivity index (χ0n) is 12.5. The monoisotopic (exact) mass is 311 g/mol. The minimum Gasteiger partial charge on any atom is -0.494 e. The van der Waals surface area contributed by atoms with E-state index in [1.165, 1.54) is 12.0 Å². The average Bonchev–Trinajstić information content (AvgIpc) is 2.78. The summed E-state index contributed by atoms with van der Waals surface area (Å²) in [6.45, 7) is 5.84. The van der Waals surface area contributed by atoms with Crippen molar-refractivity contribution in [2.24, 2.45) is 0 Å². The molecule has 0 aliphatic carbocycles. The maximum absolute atomic E-state index is 12.3. The molecule has 0 saturated carbocycles. The molecule has 114 valence electrons.